The number of hydrogen-bond donors (Lipinski definition) is 2. The minimum Gasteiger partial charge on any atom is -0.397 e. The maximum Gasteiger partial charge on any atom is 0.271 e. The summed E-state index contributed by atoms with van der Waals surface area (Å²) in [5.41, 5.74) is 5.75. The van der Waals surface area contributed by atoms with Gasteiger partial charge in [0, 0.05) is 24.5 Å². The first-order chi connectivity index (χ1) is 9.90. The lowest BCUT2D eigenvalue weighted by molar-refractivity contribution is -0.384. The standard InChI is InChI=1S/C12H8BrClN4O3/c13-8-5-16-2-1-10(8)17-12(19)7-3-6(18(20)21)4-9(14)11(7)15/h1-5H,15H2,(H,16,17,19). The lowest BCUT2D eigenvalue weighted by atomic mass is 10.1. The van der Waals surface area contributed by atoms with Crippen LogP contribution in [0.1, 0.15) is 10.4 Å². The first-order valence-corrected chi connectivity index (χ1v) is 6.71. The number of nitrogens with two attached hydrogens (primary N) is 1. The summed E-state index contributed by atoms with van der Waals surface area (Å²) in [7, 11) is 0. The molecule has 2 aromatic rings. The van der Waals surface area contributed by atoms with Crippen molar-refractivity contribution in [3.63, 3.8) is 0 Å². The number of rotatable bonds is 3. The van der Waals surface area contributed by atoms with Gasteiger partial charge in [-0.15, -0.1) is 0 Å². The number of carbonyl (C=O) groups excluding carboxylic acids is 1. The Morgan fingerprint density at radius 2 is 2.19 bits per heavy atom. The molecule has 0 unspecified atom stereocenters. The van der Waals surface area contributed by atoms with Crippen molar-refractivity contribution >= 4 is 50.5 Å². The van der Waals surface area contributed by atoms with Gasteiger partial charge in [0.2, 0.25) is 0 Å². The van der Waals surface area contributed by atoms with E-state index in [4.69, 9.17) is 17.3 Å². The maximum absolute atomic E-state index is 12.2. The van der Waals surface area contributed by atoms with Crippen molar-refractivity contribution in [2.45, 2.75) is 0 Å². The molecule has 1 aromatic heterocycles. The van der Waals surface area contributed by atoms with Gasteiger partial charge in [0.05, 0.1) is 31.4 Å². The zero-order valence-corrected chi connectivity index (χ0v) is 12.7. The largest absolute Gasteiger partial charge is 0.397 e. The van der Waals surface area contributed by atoms with E-state index in [-0.39, 0.29) is 22.0 Å². The number of nitrogen functional groups attached to an aromatic ring is 1. The highest BCUT2D eigenvalue weighted by Crippen LogP contribution is 2.30. The molecule has 0 fully saturated rings. The molecule has 2 rings (SSSR count). The molecular weight excluding hydrogens is 364 g/mol. The van der Waals surface area contributed by atoms with E-state index in [2.05, 4.69) is 26.2 Å². The van der Waals surface area contributed by atoms with E-state index in [9.17, 15) is 14.9 Å². The summed E-state index contributed by atoms with van der Waals surface area (Å²) in [6.45, 7) is 0. The SMILES string of the molecule is Nc1c(Cl)cc([N+](=O)[O-])cc1C(=O)Nc1ccncc1Br. The van der Waals surface area contributed by atoms with E-state index in [1.54, 1.807) is 6.07 Å². The highest BCUT2D eigenvalue weighted by molar-refractivity contribution is 9.10. The second-order valence-corrected chi connectivity index (χ2v) is 5.22. The Morgan fingerprint density at radius 3 is 2.81 bits per heavy atom. The molecule has 0 saturated carbocycles. The molecule has 9 heteroatoms. The number of anilines is 2. The quantitative estimate of drug-likeness (QED) is 0.489. The Morgan fingerprint density at radius 1 is 1.48 bits per heavy atom. The van der Waals surface area contributed by atoms with Crippen molar-refractivity contribution in [3.05, 3.63) is 55.8 Å². The van der Waals surface area contributed by atoms with Crippen LogP contribution in [0, 0.1) is 10.1 Å². The van der Waals surface area contributed by atoms with Crippen molar-refractivity contribution in [1.82, 2.24) is 4.98 Å². The van der Waals surface area contributed by atoms with E-state index in [1.165, 1.54) is 12.4 Å². The van der Waals surface area contributed by atoms with Gasteiger partial charge >= 0.3 is 0 Å². The number of nitro benzene ring substituents is 1. The van der Waals surface area contributed by atoms with E-state index < -0.39 is 10.8 Å². The van der Waals surface area contributed by atoms with Crippen LogP contribution in [-0.2, 0) is 0 Å². The van der Waals surface area contributed by atoms with E-state index in [1.807, 2.05) is 0 Å². The lowest BCUT2D eigenvalue weighted by Gasteiger charge is -2.09. The molecule has 0 radical (unpaired) electrons. The summed E-state index contributed by atoms with van der Waals surface area (Å²) in [5, 5.41) is 13.3. The van der Waals surface area contributed by atoms with Gasteiger partial charge in [0.1, 0.15) is 0 Å². The van der Waals surface area contributed by atoms with Crippen LogP contribution in [0.2, 0.25) is 5.02 Å². The van der Waals surface area contributed by atoms with Gasteiger partial charge < -0.3 is 11.1 Å². The molecule has 108 valence electrons. The van der Waals surface area contributed by atoms with E-state index in [0.717, 1.165) is 12.1 Å². The van der Waals surface area contributed by atoms with Crippen LogP contribution in [-0.4, -0.2) is 15.8 Å². The summed E-state index contributed by atoms with van der Waals surface area (Å²) >= 11 is 9.04. The van der Waals surface area contributed by atoms with Crippen molar-refractivity contribution in [2.24, 2.45) is 0 Å². The molecule has 3 N–H and O–H groups in total. The van der Waals surface area contributed by atoms with Gasteiger partial charge in [0.25, 0.3) is 11.6 Å². The fourth-order valence-corrected chi connectivity index (χ4v) is 2.13. The fraction of sp³-hybridized carbons (Fsp3) is 0. The zero-order chi connectivity index (χ0) is 15.6. The van der Waals surface area contributed by atoms with Gasteiger partial charge in [-0.05, 0) is 22.0 Å². The summed E-state index contributed by atoms with van der Waals surface area (Å²) in [6, 6.07) is 3.73. The molecule has 1 aromatic carbocycles. The Hall–Kier alpha value is -2.19. The third kappa shape index (κ3) is 3.29. The van der Waals surface area contributed by atoms with Crippen molar-refractivity contribution in [2.75, 3.05) is 11.1 Å². The first-order valence-electron chi connectivity index (χ1n) is 5.54. The van der Waals surface area contributed by atoms with Gasteiger partial charge in [-0.3, -0.25) is 19.9 Å². The number of hydrogen-bond acceptors (Lipinski definition) is 5. The molecule has 0 aliphatic heterocycles. The van der Waals surface area contributed by atoms with Crippen LogP contribution < -0.4 is 11.1 Å². The average molecular weight is 372 g/mol. The van der Waals surface area contributed by atoms with Crippen molar-refractivity contribution < 1.29 is 9.72 Å². The average Bonchev–Trinajstić information content (AvgIpc) is 2.43. The Bertz CT molecular complexity index is 738. The predicted molar refractivity (Wildman–Crippen MR) is 82.4 cm³/mol. The van der Waals surface area contributed by atoms with E-state index in [0.29, 0.717) is 10.2 Å². The Labute approximate surface area is 132 Å². The summed E-state index contributed by atoms with van der Waals surface area (Å²) in [5.74, 6) is -0.606. The number of nitro groups is 1. The lowest BCUT2D eigenvalue weighted by Crippen LogP contribution is -2.15. The Balaban J connectivity index is 2.39. The fourth-order valence-electron chi connectivity index (χ4n) is 1.56. The number of nitrogens with one attached hydrogen (secondary N) is 1. The predicted octanol–water partition coefficient (Wildman–Crippen LogP) is 3.24. The van der Waals surface area contributed by atoms with Gasteiger partial charge in [-0.2, -0.15) is 0 Å². The van der Waals surface area contributed by atoms with E-state index >= 15 is 0 Å². The number of halogens is 2. The molecule has 0 saturated heterocycles. The molecule has 7 nitrogen and oxygen atoms in total. The van der Waals surface area contributed by atoms with Crippen LogP contribution in [0.5, 0.6) is 0 Å². The van der Waals surface area contributed by atoms with Crippen LogP contribution in [0.15, 0.2) is 35.1 Å². The number of amides is 1. The second-order valence-electron chi connectivity index (χ2n) is 3.96. The minimum atomic E-state index is -0.648. The minimum absolute atomic E-state index is 0.0232. The molecule has 0 aliphatic carbocycles. The first kappa shape index (κ1) is 15.2. The number of aromatic nitrogens is 1. The summed E-state index contributed by atoms with van der Waals surface area (Å²) < 4.78 is 0.563. The van der Waals surface area contributed by atoms with Crippen LogP contribution in [0.25, 0.3) is 0 Å². The van der Waals surface area contributed by atoms with Crippen molar-refractivity contribution in [1.29, 1.82) is 0 Å². The Kier molecular flexibility index (Phi) is 4.39. The molecule has 0 spiro atoms. The topological polar surface area (TPSA) is 111 Å². The smallest absolute Gasteiger partial charge is 0.271 e. The molecule has 0 bridgehead atoms. The molecule has 0 aliphatic rings. The number of nitrogens with zero attached hydrogens (tertiary/aromatic N) is 2. The summed E-state index contributed by atoms with van der Waals surface area (Å²) in [6.07, 6.45) is 2.99. The third-order valence-corrected chi connectivity index (χ3v) is 3.54. The van der Waals surface area contributed by atoms with Crippen LogP contribution in [0.4, 0.5) is 17.1 Å². The molecule has 0 atom stereocenters. The number of non-ortho nitro benzene ring substituents is 1. The van der Waals surface area contributed by atoms with Crippen molar-refractivity contribution in [3.8, 4) is 0 Å². The van der Waals surface area contributed by atoms with Crippen LogP contribution >= 0.6 is 27.5 Å². The molecular formula is C12H8BrClN4O3. The summed E-state index contributed by atoms with van der Waals surface area (Å²) in [4.78, 5) is 26.2. The monoisotopic (exact) mass is 370 g/mol. The third-order valence-electron chi connectivity index (χ3n) is 2.59. The maximum atomic E-state index is 12.2. The number of pyridine rings is 1. The van der Waals surface area contributed by atoms with Gasteiger partial charge in [-0.25, -0.2) is 0 Å². The molecule has 21 heavy (non-hydrogen) atoms. The normalized spacial score (nSPS) is 10.2. The number of benzene rings is 1. The van der Waals surface area contributed by atoms with Gasteiger partial charge in [-0.1, -0.05) is 11.6 Å². The van der Waals surface area contributed by atoms with Gasteiger partial charge in [0.15, 0.2) is 0 Å². The molecule has 1 amide bonds. The zero-order valence-electron chi connectivity index (χ0n) is 10.3. The number of carbonyl (C=O) groups is 1. The second kappa shape index (κ2) is 6.06. The highest BCUT2D eigenvalue weighted by atomic mass is 79.9. The highest BCUT2D eigenvalue weighted by Gasteiger charge is 2.19. The van der Waals surface area contributed by atoms with Crippen LogP contribution in [0.3, 0.4) is 0 Å². The molecule has 1 heterocycles.